The van der Waals surface area contributed by atoms with Crippen LogP contribution in [0.3, 0.4) is 0 Å². The molecule has 4 bridgehead atoms. The molecule has 7 aliphatic rings. The van der Waals surface area contributed by atoms with Gasteiger partial charge in [-0.3, -0.25) is 4.90 Å². The number of piperidine rings is 1. The summed E-state index contributed by atoms with van der Waals surface area (Å²) >= 11 is 0. The summed E-state index contributed by atoms with van der Waals surface area (Å²) < 4.78 is 13.6. The minimum absolute atomic E-state index is 0.0172. The van der Waals surface area contributed by atoms with Gasteiger partial charge in [0.2, 0.25) is 0 Å². The van der Waals surface area contributed by atoms with E-state index in [1.165, 1.54) is 30.5 Å². The van der Waals surface area contributed by atoms with Gasteiger partial charge in [-0.2, -0.15) is 0 Å². The van der Waals surface area contributed by atoms with Gasteiger partial charge in [0.1, 0.15) is 11.7 Å². The van der Waals surface area contributed by atoms with E-state index in [9.17, 15) is 10.2 Å². The molecule has 5 fully saturated rings. The summed E-state index contributed by atoms with van der Waals surface area (Å²) in [6.45, 7) is 6.63. The maximum absolute atomic E-state index is 12.2. The lowest BCUT2D eigenvalue weighted by Gasteiger charge is -2.76. The van der Waals surface area contributed by atoms with Crippen molar-refractivity contribution in [3.63, 3.8) is 0 Å². The standard InChI is InChI=1S/C32H39NO4/c1-19-5-4-6-22(15-19)27(35)29(2)18-30-11-12-32(29,36-3)28-31(30)13-14-33(17-20-7-8-20)24(30)16-21-9-10-23(34)26(37-28)25(21)31/h4-6,9-10,15,20,24,27-28,34-35H,7-8,11-14,16-18H2,1-3H3/t24?,27-,28+,29?,30?,31+,32+/m1/s1. The second-order valence-electron chi connectivity index (χ2n) is 13.5. The number of aryl methyl sites for hydroxylation is 1. The van der Waals surface area contributed by atoms with Crippen LogP contribution in [0.2, 0.25) is 0 Å². The molecule has 2 spiro atoms. The Morgan fingerprint density at radius 1 is 1.16 bits per heavy atom. The number of phenolic OH excluding ortho intramolecular Hbond substituents is 1. The van der Waals surface area contributed by atoms with E-state index in [2.05, 4.69) is 49.1 Å². The van der Waals surface area contributed by atoms with Crippen molar-refractivity contribution < 1.29 is 19.7 Å². The largest absolute Gasteiger partial charge is 0.504 e. The molecule has 7 atom stereocenters. The van der Waals surface area contributed by atoms with Crippen LogP contribution < -0.4 is 4.74 Å². The Hall–Kier alpha value is -2.08. The normalized spacial score (nSPS) is 41.8. The molecule has 196 valence electrons. The lowest BCUT2D eigenvalue weighted by Crippen LogP contribution is -2.83. The average molecular weight is 502 g/mol. The number of ether oxygens (including phenoxy) is 2. The van der Waals surface area contributed by atoms with E-state index in [-0.39, 0.29) is 22.7 Å². The number of fused-ring (bicyclic) bond motifs is 2. The van der Waals surface area contributed by atoms with Crippen molar-refractivity contribution in [2.75, 3.05) is 20.2 Å². The number of aliphatic hydroxyl groups is 1. The van der Waals surface area contributed by atoms with E-state index in [0.717, 1.165) is 55.7 Å². The van der Waals surface area contributed by atoms with Gasteiger partial charge in [0.15, 0.2) is 11.5 Å². The minimum atomic E-state index is -0.665. The number of phenols is 1. The molecule has 9 rings (SSSR count). The Balaban J connectivity index is 1.36. The summed E-state index contributed by atoms with van der Waals surface area (Å²) in [5, 5.41) is 23.3. The van der Waals surface area contributed by atoms with Crippen molar-refractivity contribution in [3.05, 3.63) is 58.7 Å². The lowest BCUT2D eigenvalue weighted by molar-refractivity contribution is -0.324. The van der Waals surface area contributed by atoms with Crippen LogP contribution >= 0.6 is 0 Å². The molecule has 3 unspecified atom stereocenters. The molecule has 5 aliphatic carbocycles. The molecule has 37 heavy (non-hydrogen) atoms. The van der Waals surface area contributed by atoms with Gasteiger partial charge in [-0.25, -0.2) is 0 Å². The molecule has 2 aromatic rings. The number of hydrogen-bond donors (Lipinski definition) is 2. The van der Waals surface area contributed by atoms with Crippen molar-refractivity contribution in [3.8, 4) is 11.5 Å². The quantitative estimate of drug-likeness (QED) is 0.601. The summed E-state index contributed by atoms with van der Waals surface area (Å²) in [6.07, 6.45) is 6.73. The summed E-state index contributed by atoms with van der Waals surface area (Å²) in [7, 11) is 1.83. The van der Waals surface area contributed by atoms with E-state index in [1.54, 1.807) is 0 Å². The number of benzene rings is 2. The van der Waals surface area contributed by atoms with Gasteiger partial charge in [-0.1, -0.05) is 42.8 Å². The fourth-order valence-corrected chi connectivity index (χ4v) is 10.4. The first kappa shape index (κ1) is 22.9. The first-order valence-electron chi connectivity index (χ1n) is 14.4. The van der Waals surface area contributed by atoms with Crippen LogP contribution in [0.25, 0.3) is 0 Å². The van der Waals surface area contributed by atoms with Crippen LogP contribution in [0, 0.1) is 23.7 Å². The summed E-state index contributed by atoms with van der Waals surface area (Å²) in [5.74, 6) is 1.79. The van der Waals surface area contributed by atoms with Crippen LogP contribution in [0.15, 0.2) is 36.4 Å². The van der Waals surface area contributed by atoms with Crippen LogP contribution in [0.4, 0.5) is 0 Å². The van der Waals surface area contributed by atoms with Crippen LogP contribution in [-0.4, -0.2) is 53.1 Å². The summed E-state index contributed by atoms with van der Waals surface area (Å²) in [6, 6.07) is 12.8. The molecule has 4 saturated carbocycles. The van der Waals surface area contributed by atoms with Crippen molar-refractivity contribution >= 4 is 0 Å². The van der Waals surface area contributed by atoms with Crippen molar-refractivity contribution in [1.82, 2.24) is 4.90 Å². The number of nitrogens with zero attached hydrogens (tertiary/aromatic N) is 1. The molecule has 2 aromatic carbocycles. The second-order valence-corrected chi connectivity index (χ2v) is 13.5. The number of likely N-dealkylation sites (tertiary alicyclic amines) is 1. The van der Waals surface area contributed by atoms with E-state index < -0.39 is 17.1 Å². The third kappa shape index (κ3) is 2.49. The van der Waals surface area contributed by atoms with Crippen LogP contribution in [-0.2, 0) is 16.6 Å². The summed E-state index contributed by atoms with van der Waals surface area (Å²) in [5.41, 5.74) is 3.37. The Morgan fingerprint density at radius 2 is 2.00 bits per heavy atom. The Morgan fingerprint density at radius 3 is 2.76 bits per heavy atom. The van der Waals surface area contributed by atoms with E-state index >= 15 is 0 Å². The third-order valence-electron chi connectivity index (χ3n) is 12.1. The fraction of sp³-hybridized carbons (Fsp3) is 0.625. The monoisotopic (exact) mass is 501 g/mol. The highest BCUT2D eigenvalue weighted by Crippen LogP contribution is 2.80. The van der Waals surface area contributed by atoms with Crippen molar-refractivity contribution in [2.45, 2.75) is 88.1 Å². The highest BCUT2D eigenvalue weighted by molar-refractivity contribution is 5.63. The maximum Gasteiger partial charge on any atom is 0.165 e. The summed E-state index contributed by atoms with van der Waals surface area (Å²) in [4.78, 5) is 2.82. The zero-order valence-electron chi connectivity index (χ0n) is 22.3. The highest BCUT2D eigenvalue weighted by atomic mass is 16.6. The molecular weight excluding hydrogens is 462 g/mol. The molecule has 0 radical (unpaired) electrons. The van der Waals surface area contributed by atoms with Gasteiger partial charge in [-0.05, 0) is 81.5 Å². The van der Waals surface area contributed by atoms with E-state index in [4.69, 9.17) is 9.47 Å². The smallest absolute Gasteiger partial charge is 0.165 e. The Bertz CT molecular complexity index is 1310. The molecule has 2 aliphatic heterocycles. The lowest BCUT2D eigenvalue weighted by atomic mass is 9.31. The molecule has 5 nitrogen and oxygen atoms in total. The molecule has 0 amide bonds. The molecule has 2 N–H and O–H groups in total. The molecular formula is C32H39NO4. The number of rotatable bonds is 5. The van der Waals surface area contributed by atoms with E-state index in [0.29, 0.717) is 11.8 Å². The SMILES string of the molecule is CO[C@]12CCC3(CC1(C)[C@H](O)c1cccc(C)c1)C1Cc4ccc(O)c5c4[C@@]3(CCN1CC1CC1)[C@@H]2O5. The van der Waals surface area contributed by atoms with Gasteiger partial charge in [-0.15, -0.1) is 0 Å². The molecule has 5 heteroatoms. The topological polar surface area (TPSA) is 62.2 Å². The number of aromatic hydroxyl groups is 1. The highest BCUT2D eigenvalue weighted by Gasteiger charge is 2.84. The molecule has 1 saturated heterocycles. The van der Waals surface area contributed by atoms with Gasteiger partial charge >= 0.3 is 0 Å². The zero-order chi connectivity index (χ0) is 25.4. The van der Waals surface area contributed by atoms with Crippen LogP contribution in [0.1, 0.15) is 73.8 Å². The molecule has 0 aromatic heterocycles. The van der Waals surface area contributed by atoms with Crippen molar-refractivity contribution in [1.29, 1.82) is 0 Å². The third-order valence-corrected chi connectivity index (χ3v) is 12.1. The Labute approximate surface area is 219 Å². The van der Waals surface area contributed by atoms with E-state index in [1.807, 2.05) is 13.2 Å². The van der Waals surface area contributed by atoms with Gasteiger partial charge in [0.05, 0.1) is 6.10 Å². The zero-order valence-corrected chi connectivity index (χ0v) is 22.3. The predicted octanol–water partition coefficient (Wildman–Crippen LogP) is 5.05. The van der Waals surface area contributed by atoms with Crippen molar-refractivity contribution in [2.24, 2.45) is 16.7 Å². The Kier molecular flexibility index (Phi) is 4.39. The van der Waals surface area contributed by atoms with Gasteiger partial charge < -0.3 is 19.7 Å². The number of aliphatic hydroxyl groups excluding tert-OH is 1. The number of methoxy groups -OCH3 is 1. The van der Waals surface area contributed by atoms with Gasteiger partial charge in [0, 0.05) is 41.5 Å². The maximum atomic E-state index is 12.2. The molecule has 2 heterocycles. The van der Waals surface area contributed by atoms with Gasteiger partial charge in [0.25, 0.3) is 0 Å². The first-order chi connectivity index (χ1) is 17.8. The first-order valence-corrected chi connectivity index (χ1v) is 14.4. The second kappa shape index (κ2) is 7.11. The average Bonchev–Trinajstić information content (AvgIpc) is 3.63. The predicted molar refractivity (Wildman–Crippen MR) is 141 cm³/mol. The number of hydrogen-bond acceptors (Lipinski definition) is 5. The van der Waals surface area contributed by atoms with Crippen LogP contribution in [0.5, 0.6) is 11.5 Å². The minimum Gasteiger partial charge on any atom is -0.504 e. The fourth-order valence-electron chi connectivity index (χ4n) is 10.4.